The van der Waals surface area contributed by atoms with Crippen molar-refractivity contribution in [2.45, 2.75) is 69.3 Å². The highest BCUT2D eigenvalue weighted by Crippen LogP contribution is 2.07. The summed E-state index contributed by atoms with van der Waals surface area (Å²) in [6.45, 7) is 1.88. The SMILES string of the molecule is CC(O)C(NC(=O)C(CCCN=C(N)N)NC(=O)C(CC(=O)O)NC(=O)C1CCCN1)C(=O)O. The number of guanidine groups is 1. The Bertz CT molecular complexity index is 779. The molecule has 15 heteroatoms. The number of nitrogens with two attached hydrogens (primary N) is 2. The van der Waals surface area contributed by atoms with Gasteiger partial charge in [-0.05, 0) is 39.2 Å². The lowest BCUT2D eigenvalue weighted by Crippen LogP contribution is -2.58. The molecule has 0 bridgehead atoms. The minimum atomic E-state index is -1.65. The van der Waals surface area contributed by atoms with Crippen LogP contribution in [0.5, 0.6) is 0 Å². The van der Waals surface area contributed by atoms with Crippen LogP contribution in [0.4, 0.5) is 0 Å². The van der Waals surface area contributed by atoms with Crippen molar-refractivity contribution in [2.24, 2.45) is 16.5 Å². The second-order valence-corrected chi connectivity index (χ2v) is 7.88. The van der Waals surface area contributed by atoms with Crippen molar-refractivity contribution >= 4 is 35.6 Å². The van der Waals surface area contributed by atoms with Crippen LogP contribution in [0.25, 0.3) is 0 Å². The van der Waals surface area contributed by atoms with Crippen molar-refractivity contribution < 1.29 is 39.3 Å². The number of aliphatic hydroxyl groups is 1. The zero-order chi connectivity index (χ0) is 25.8. The van der Waals surface area contributed by atoms with Gasteiger partial charge in [0.05, 0.1) is 18.6 Å². The number of carboxylic acids is 2. The molecule has 5 atom stereocenters. The Morgan fingerprint density at radius 2 is 1.71 bits per heavy atom. The van der Waals surface area contributed by atoms with Gasteiger partial charge in [0.2, 0.25) is 17.7 Å². The molecule has 34 heavy (non-hydrogen) atoms. The Balaban J connectivity index is 2.97. The molecule has 1 saturated heterocycles. The van der Waals surface area contributed by atoms with Crippen LogP contribution in [0, 0.1) is 0 Å². The van der Waals surface area contributed by atoms with E-state index < -0.39 is 66.4 Å². The smallest absolute Gasteiger partial charge is 0.328 e. The van der Waals surface area contributed by atoms with Gasteiger partial charge in [0, 0.05) is 6.54 Å². The van der Waals surface area contributed by atoms with Crippen molar-refractivity contribution in [2.75, 3.05) is 13.1 Å². The molecule has 0 spiro atoms. The van der Waals surface area contributed by atoms with Crippen LogP contribution in [0.3, 0.4) is 0 Å². The summed E-state index contributed by atoms with van der Waals surface area (Å²) < 4.78 is 0. The van der Waals surface area contributed by atoms with E-state index in [0.717, 1.165) is 6.42 Å². The zero-order valence-electron chi connectivity index (χ0n) is 18.8. The fraction of sp³-hybridized carbons (Fsp3) is 0.684. The van der Waals surface area contributed by atoms with Crippen LogP contribution >= 0.6 is 0 Å². The summed E-state index contributed by atoms with van der Waals surface area (Å²) in [6, 6.07) is -5.01. The molecule has 3 amide bonds. The monoisotopic (exact) mass is 487 g/mol. The first kappa shape index (κ1) is 28.6. The molecule has 0 aliphatic carbocycles. The largest absolute Gasteiger partial charge is 0.481 e. The maximum absolute atomic E-state index is 12.8. The first-order valence-corrected chi connectivity index (χ1v) is 10.7. The molecule has 11 N–H and O–H groups in total. The summed E-state index contributed by atoms with van der Waals surface area (Å²) in [5.74, 6) is -5.45. The molecule has 15 nitrogen and oxygen atoms in total. The third-order valence-electron chi connectivity index (χ3n) is 5.01. The molecule has 0 aromatic heterocycles. The lowest BCUT2D eigenvalue weighted by molar-refractivity contribution is -0.145. The summed E-state index contributed by atoms with van der Waals surface area (Å²) in [5.41, 5.74) is 10.5. The van der Waals surface area contributed by atoms with E-state index in [0.29, 0.717) is 13.0 Å². The Labute approximate surface area is 195 Å². The molecular formula is C19H33N7O8. The van der Waals surface area contributed by atoms with E-state index in [9.17, 15) is 34.2 Å². The van der Waals surface area contributed by atoms with E-state index in [2.05, 4.69) is 26.3 Å². The Hall–Kier alpha value is -3.46. The number of nitrogens with zero attached hydrogens (tertiary/aromatic N) is 1. The maximum atomic E-state index is 12.8. The summed E-state index contributed by atoms with van der Waals surface area (Å²) in [6.07, 6.45) is -0.738. The highest BCUT2D eigenvalue weighted by atomic mass is 16.4. The molecule has 1 rings (SSSR count). The molecule has 0 aromatic carbocycles. The number of hydrogen-bond donors (Lipinski definition) is 9. The molecule has 192 valence electrons. The van der Waals surface area contributed by atoms with E-state index in [4.69, 9.17) is 16.6 Å². The van der Waals surface area contributed by atoms with Gasteiger partial charge in [-0.2, -0.15) is 0 Å². The minimum absolute atomic E-state index is 0.0432. The second kappa shape index (κ2) is 13.9. The van der Waals surface area contributed by atoms with E-state index in [1.54, 1.807) is 0 Å². The zero-order valence-corrected chi connectivity index (χ0v) is 18.8. The molecule has 1 heterocycles. The summed E-state index contributed by atoms with van der Waals surface area (Å²) in [5, 5.41) is 37.8. The van der Waals surface area contributed by atoms with Gasteiger partial charge >= 0.3 is 11.9 Å². The van der Waals surface area contributed by atoms with Gasteiger partial charge < -0.3 is 48.1 Å². The fourth-order valence-electron chi connectivity index (χ4n) is 3.25. The maximum Gasteiger partial charge on any atom is 0.328 e. The third-order valence-corrected chi connectivity index (χ3v) is 5.01. The molecule has 0 saturated carbocycles. The Kier molecular flexibility index (Phi) is 11.7. The quantitative estimate of drug-likeness (QED) is 0.0651. The standard InChI is InChI=1S/C19H33N7O8/c1-9(27)14(18(33)34)26-16(31)11(5-3-7-23-19(20)21)24-17(32)12(8-13(28)29)25-15(30)10-4-2-6-22-10/h9-12,14,22,27H,2-8H2,1H3,(H,24,32)(H,25,30)(H,26,31)(H,28,29)(H,33,34)(H4,20,21,23). The minimum Gasteiger partial charge on any atom is -0.481 e. The van der Waals surface area contributed by atoms with Gasteiger partial charge in [-0.1, -0.05) is 0 Å². The van der Waals surface area contributed by atoms with E-state index in [1.807, 2.05) is 0 Å². The number of aliphatic hydroxyl groups excluding tert-OH is 1. The van der Waals surface area contributed by atoms with Gasteiger partial charge in [0.15, 0.2) is 12.0 Å². The number of carbonyl (C=O) groups is 5. The predicted octanol–water partition coefficient (Wildman–Crippen LogP) is -3.81. The molecule has 0 aromatic rings. The van der Waals surface area contributed by atoms with Crippen LogP contribution in [0.2, 0.25) is 0 Å². The van der Waals surface area contributed by atoms with Gasteiger partial charge in [-0.3, -0.25) is 24.2 Å². The highest BCUT2D eigenvalue weighted by Gasteiger charge is 2.33. The number of aliphatic carboxylic acids is 2. The number of amides is 3. The second-order valence-electron chi connectivity index (χ2n) is 7.88. The van der Waals surface area contributed by atoms with Gasteiger partial charge in [0.25, 0.3) is 0 Å². The van der Waals surface area contributed by atoms with Crippen LogP contribution < -0.4 is 32.7 Å². The first-order chi connectivity index (χ1) is 15.9. The number of carboxylic acid groups (broad SMARTS) is 2. The van der Waals surface area contributed by atoms with Crippen molar-refractivity contribution in [3.05, 3.63) is 0 Å². The van der Waals surface area contributed by atoms with Crippen LogP contribution in [-0.2, 0) is 24.0 Å². The lowest BCUT2D eigenvalue weighted by atomic mass is 10.1. The summed E-state index contributed by atoms with van der Waals surface area (Å²) in [4.78, 5) is 64.2. The Morgan fingerprint density at radius 1 is 1.06 bits per heavy atom. The van der Waals surface area contributed by atoms with Crippen LogP contribution in [0.1, 0.15) is 39.0 Å². The average Bonchev–Trinajstić information content (AvgIpc) is 3.27. The Morgan fingerprint density at radius 3 is 2.21 bits per heavy atom. The van der Waals surface area contributed by atoms with E-state index in [-0.39, 0.29) is 25.3 Å². The van der Waals surface area contributed by atoms with E-state index in [1.165, 1.54) is 6.92 Å². The van der Waals surface area contributed by atoms with Crippen LogP contribution in [-0.4, -0.2) is 94.3 Å². The summed E-state index contributed by atoms with van der Waals surface area (Å²) in [7, 11) is 0. The van der Waals surface area contributed by atoms with Crippen molar-refractivity contribution in [1.29, 1.82) is 0 Å². The number of hydrogen-bond acceptors (Lipinski definition) is 8. The van der Waals surface area contributed by atoms with Crippen molar-refractivity contribution in [1.82, 2.24) is 21.3 Å². The topological polar surface area (TPSA) is 259 Å². The lowest BCUT2D eigenvalue weighted by Gasteiger charge is -2.25. The first-order valence-electron chi connectivity index (χ1n) is 10.7. The average molecular weight is 488 g/mol. The molecule has 1 fully saturated rings. The number of aliphatic imine (C=N–C) groups is 1. The van der Waals surface area contributed by atoms with Crippen molar-refractivity contribution in [3.63, 3.8) is 0 Å². The molecule has 1 aliphatic rings. The fourth-order valence-corrected chi connectivity index (χ4v) is 3.25. The number of rotatable bonds is 14. The molecular weight excluding hydrogens is 454 g/mol. The van der Waals surface area contributed by atoms with Crippen molar-refractivity contribution in [3.8, 4) is 0 Å². The number of carbonyl (C=O) groups excluding carboxylic acids is 3. The highest BCUT2D eigenvalue weighted by molar-refractivity contribution is 5.95. The van der Waals surface area contributed by atoms with E-state index >= 15 is 0 Å². The summed E-state index contributed by atoms with van der Waals surface area (Å²) >= 11 is 0. The molecule has 5 unspecified atom stereocenters. The third kappa shape index (κ3) is 9.99. The van der Waals surface area contributed by atoms with Gasteiger partial charge in [-0.15, -0.1) is 0 Å². The molecule has 1 aliphatic heterocycles. The van der Waals surface area contributed by atoms with Crippen LogP contribution in [0.15, 0.2) is 4.99 Å². The predicted molar refractivity (Wildman–Crippen MR) is 118 cm³/mol. The number of nitrogens with one attached hydrogen (secondary N) is 4. The van der Waals surface area contributed by atoms with Gasteiger partial charge in [-0.25, -0.2) is 4.79 Å². The normalized spacial score (nSPS) is 18.6. The van der Waals surface area contributed by atoms with Gasteiger partial charge in [0.1, 0.15) is 12.1 Å². The molecule has 0 radical (unpaired) electrons.